The smallest absolute Gasteiger partial charge is 0.255 e. The lowest BCUT2D eigenvalue weighted by atomic mass is 10.2. The van der Waals surface area contributed by atoms with Gasteiger partial charge in [-0.15, -0.1) is 0 Å². The third kappa shape index (κ3) is 3.46. The number of hydrogen-bond donors (Lipinski definition) is 0. The molecular formula is C15H23N3O. The summed E-state index contributed by atoms with van der Waals surface area (Å²) < 4.78 is 0. The summed E-state index contributed by atoms with van der Waals surface area (Å²) in [6.45, 7) is 5.09. The van der Waals surface area contributed by atoms with Crippen LogP contribution in [0, 0.1) is 0 Å². The molecule has 4 heteroatoms. The third-order valence-electron chi connectivity index (χ3n) is 3.64. The van der Waals surface area contributed by atoms with E-state index in [1.165, 1.54) is 12.8 Å². The molecule has 0 N–H and O–H groups in total. The van der Waals surface area contributed by atoms with Gasteiger partial charge in [-0.2, -0.15) is 0 Å². The molecule has 0 atom stereocenters. The molecule has 1 saturated heterocycles. The number of carbonyl (C=O) groups excluding carboxylic acids is 1. The fraction of sp³-hybridized carbons (Fsp3) is 0.600. The van der Waals surface area contributed by atoms with Crippen LogP contribution in [-0.2, 0) is 0 Å². The van der Waals surface area contributed by atoms with Gasteiger partial charge in [-0.1, -0.05) is 13.3 Å². The number of pyridine rings is 1. The van der Waals surface area contributed by atoms with Crippen LogP contribution in [0.15, 0.2) is 18.5 Å². The molecule has 104 valence electrons. The van der Waals surface area contributed by atoms with Crippen molar-refractivity contribution in [3.05, 3.63) is 24.0 Å². The Morgan fingerprint density at radius 3 is 2.79 bits per heavy atom. The summed E-state index contributed by atoms with van der Waals surface area (Å²) in [7, 11) is 1.86. The summed E-state index contributed by atoms with van der Waals surface area (Å²) >= 11 is 0. The van der Waals surface area contributed by atoms with Crippen LogP contribution in [0.1, 0.15) is 43.0 Å². The lowest BCUT2D eigenvalue weighted by Crippen LogP contribution is -2.28. The zero-order valence-corrected chi connectivity index (χ0v) is 11.9. The second-order valence-electron chi connectivity index (χ2n) is 5.21. The van der Waals surface area contributed by atoms with Gasteiger partial charge < -0.3 is 9.80 Å². The average molecular weight is 261 g/mol. The molecule has 0 bridgehead atoms. The molecule has 0 aromatic carbocycles. The minimum absolute atomic E-state index is 0.0713. The van der Waals surface area contributed by atoms with Crippen LogP contribution < -0.4 is 4.90 Å². The minimum Gasteiger partial charge on any atom is -0.370 e. The third-order valence-corrected chi connectivity index (χ3v) is 3.64. The number of hydrogen-bond acceptors (Lipinski definition) is 3. The molecule has 0 spiro atoms. The first kappa shape index (κ1) is 13.8. The fourth-order valence-corrected chi connectivity index (χ4v) is 2.41. The Kier molecular flexibility index (Phi) is 4.77. The normalized spacial score (nSPS) is 14.7. The highest BCUT2D eigenvalue weighted by Gasteiger charge is 2.16. The second-order valence-corrected chi connectivity index (χ2v) is 5.21. The van der Waals surface area contributed by atoms with Crippen LogP contribution in [0.2, 0.25) is 0 Å². The predicted octanol–water partition coefficient (Wildman–Crippen LogP) is 2.55. The van der Waals surface area contributed by atoms with Gasteiger partial charge in [-0.3, -0.25) is 9.78 Å². The molecule has 2 heterocycles. The Morgan fingerprint density at radius 2 is 2.11 bits per heavy atom. The molecule has 1 aromatic heterocycles. The zero-order valence-electron chi connectivity index (χ0n) is 11.9. The Hall–Kier alpha value is -1.58. The van der Waals surface area contributed by atoms with Gasteiger partial charge in [0, 0.05) is 32.9 Å². The van der Waals surface area contributed by atoms with Crippen LogP contribution in [0.5, 0.6) is 0 Å². The van der Waals surface area contributed by atoms with E-state index in [4.69, 9.17) is 0 Å². The maximum absolute atomic E-state index is 12.3. The highest BCUT2D eigenvalue weighted by atomic mass is 16.2. The lowest BCUT2D eigenvalue weighted by Gasteiger charge is -2.20. The maximum atomic E-state index is 12.3. The highest BCUT2D eigenvalue weighted by molar-refractivity contribution is 5.94. The van der Waals surface area contributed by atoms with Crippen molar-refractivity contribution < 1.29 is 4.79 Å². The first-order valence-corrected chi connectivity index (χ1v) is 7.18. The summed E-state index contributed by atoms with van der Waals surface area (Å²) in [4.78, 5) is 20.6. The van der Waals surface area contributed by atoms with Gasteiger partial charge >= 0.3 is 0 Å². The summed E-state index contributed by atoms with van der Waals surface area (Å²) in [5.74, 6) is 0.0713. The summed E-state index contributed by atoms with van der Waals surface area (Å²) in [5, 5.41) is 0. The molecule has 1 fully saturated rings. The van der Waals surface area contributed by atoms with E-state index in [0.29, 0.717) is 5.56 Å². The molecule has 0 radical (unpaired) electrons. The number of aromatic nitrogens is 1. The van der Waals surface area contributed by atoms with Crippen LogP contribution in [0.25, 0.3) is 0 Å². The van der Waals surface area contributed by atoms with E-state index in [9.17, 15) is 4.79 Å². The van der Waals surface area contributed by atoms with Crippen molar-refractivity contribution in [1.29, 1.82) is 0 Å². The summed E-state index contributed by atoms with van der Waals surface area (Å²) in [6.07, 6.45) is 8.13. The van der Waals surface area contributed by atoms with E-state index in [0.717, 1.165) is 38.2 Å². The molecule has 0 unspecified atom stereocenters. The van der Waals surface area contributed by atoms with E-state index < -0.39 is 0 Å². The molecule has 1 aliphatic rings. The van der Waals surface area contributed by atoms with Crippen molar-refractivity contribution in [3.63, 3.8) is 0 Å². The van der Waals surface area contributed by atoms with Crippen LogP contribution in [0.3, 0.4) is 0 Å². The molecule has 1 aromatic rings. The minimum atomic E-state index is 0.0713. The van der Waals surface area contributed by atoms with Crippen molar-refractivity contribution in [3.8, 4) is 0 Å². The molecule has 4 nitrogen and oxygen atoms in total. The maximum Gasteiger partial charge on any atom is 0.255 e. The first-order chi connectivity index (χ1) is 9.22. The van der Waals surface area contributed by atoms with E-state index in [-0.39, 0.29) is 5.91 Å². The number of amides is 1. The van der Waals surface area contributed by atoms with Crippen molar-refractivity contribution >= 4 is 11.6 Å². The molecule has 1 amide bonds. The zero-order chi connectivity index (χ0) is 13.7. The standard InChI is InChI=1S/C15H23N3O/c1-3-4-7-17(2)15(19)13-10-14(12-16-11-13)18-8-5-6-9-18/h10-12H,3-9H2,1-2H3. The van der Waals surface area contributed by atoms with Crippen LogP contribution >= 0.6 is 0 Å². The highest BCUT2D eigenvalue weighted by Crippen LogP contribution is 2.20. The van der Waals surface area contributed by atoms with Crippen molar-refractivity contribution in [1.82, 2.24) is 9.88 Å². The van der Waals surface area contributed by atoms with Gasteiger partial charge in [0.1, 0.15) is 0 Å². The number of nitrogens with zero attached hydrogens (tertiary/aromatic N) is 3. The van der Waals surface area contributed by atoms with E-state index in [2.05, 4.69) is 16.8 Å². The van der Waals surface area contributed by atoms with Crippen LogP contribution in [0.4, 0.5) is 5.69 Å². The SMILES string of the molecule is CCCCN(C)C(=O)c1cncc(N2CCCC2)c1. The van der Waals surface area contributed by atoms with Gasteiger partial charge in [0.15, 0.2) is 0 Å². The molecule has 19 heavy (non-hydrogen) atoms. The van der Waals surface area contributed by atoms with Gasteiger partial charge in [-0.05, 0) is 25.3 Å². The number of rotatable bonds is 5. The predicted molar refractivity (Wildman–Crippen MR) is 77.6 cm³/mol. The largest absolute Gasteiger partial charge is 0.370 e. The topological polar surface area (TPSA) is 36.4 Å². The molecule has 2 rings (SSSR count). The lowest BCUT2D eigenvalue weighted by molar-refractivity contribution is 0.0793. The number of carbonyl (C=O) groups is 1. The molecule has 0 aliphatic carbocycles. The van der Waals surface area contributed by atoms with Crippen LogP contribution in [-0.4, -0.2) is 42.5 Å². The Labute approximate surface area is 115 Å². The van der Waals surface area contributed by atoms with Gasteiger partial charge in [-0.25, -0.2) is 0 Å². The fourth-order valence-electron chi connectivity index (χ4n) is 2.41. The average Bonchev–Trinajstić information content (AvgIpc) is 2.98. The summed E-state index contributed by atoms with van der Waals surface area (Å²) in [6, 6.07) is 1.98. The van der Waals surface area contributed by atoms with Gasteiger partial charge in [0.25, 0.3) is 5.91 Å². The quantitative estimate of drug-likeness (QED) is 0.817. The second kappa shape index (κ2) is 6.55. The Morgan fingerprint density at radius 1 is 1.37 bits per heavy atom. The number of unbranched alkanes of at least 4 members (excludes halogenated alkanes) is 1. The first-order valence-electron chi connectivity index (χ1n) is 7.18. The molecule has 0 saturated carbocycles. The van der Waals surface area contributed by atoms with Gasteiger partial charge in [0.2, 0.25) is 0 Å². The monoisotopic (exact) mass is 261 g/mol. The Balaban J connectivity index is 2.07. The summed E-state index contributed by atoms with van der Waals surface area (Å²) in [5.41, 5.74) is 1.77. The molecular weight excluding hydrogens is 238 g/mol. The van der Waals surface area contributed by atoms with Crippen molar-refractivity contribution in [2.24, 2.45) is 0 Å². The van der Waals surface area contributed by atoms with Crippen molar-refractivity contribution in [2.45, 2.75) is 32.6 Å². The number of anilines is 1. The van der Waals surface area contributed by atoms with Crippen molar-refractivity contribution in [2.75, 3.05) is 31.6 Å². The van der Waals surface area contributed by atoms with Gasteiger partial charge in [0.05, 0.1) is 17.4 Å². The van der Waals surface area contributed by atoms with E-state index in [1.54, 1.807) is 11.1 Å². The Bertz CT molecular complexity index is 427. The van der Waals surface area contributed by atoms with E-state index in [1.807, 2.05) is 19.3 Å². The van der Waals surface area contributed by atoms with E-state index >= 15 is 0 Å². The molecule has 1 aliphatic heterocycles.